The van der Waals surface area contributed by atoms with Gasteiger partial charge < -0.3 is 20.1 Å². The Labute approximate surface area is 201 Å². The Morgan fingerprint density at radius 3 is 2.97 bits per heavy atom. The summed E-state index contributed by atoms with van der Waals surface area (Å²) in [6.07, 6.45) is 5.55. The fourth-order valence-electron chi connectivity index (χ4n) is 4.75. The molecule has 1 aliphatic rings. The zero-order valence-electron chi connectivity index (χ0n) is 19.7. The number of amides is 1. The van der Waals surface area contributed by atoms with Crippen LogP contribution in [0.2, 0.25) is 0 Å². The van der Waals surface area contributed by atoms with Crippen LogP contribution in [0.5, 0.6) is 5.75 Å². The van der Waals surface area contributed by atoms with Crippen LogP contribution in [0.3, 0.4) is 0 Å². The molecule has 3 N–H and O–H groups in total. The lowest BCUT2D eigenvalue weighted by atomic mass is 9.86. The highest BCUT2D eigenvalue weighted by atomic mass is 32.1. The molecule has 5 rings (SSSR count). The highest BCUT2D eigenvalue weighted by molar-refractivity contribution is 7.19. The summed E-state index contributed by atoms with van der Waals surface area (Å²) >= 11 is 1.63. The van der Waals surface area contributed by atoms with Gasteiger partial charge in [-0.3, -0.25) is 9.89 Å². The summed E-state index contributed by atoms with van der Waals surface area (Å²) < 4.78 is 5.59. The van der Waals surface area contributed by atoms with E-state index in [-0.39, 0.29) is 11.8 Å². The molecule has 1 aliphatic carbocycles. The summed E-state index contributed by atoms with van der Waals surface area (Å²) in [4.78, 5) is 25.8. The molecule has 0 spiro atoms. The lowest BCUT2D eigenvalue weighted by Crippen LogP contribution is -2.43. The number of anilines is 2. The second-order valence-electron chi connectivity index (χ2n) is 9.49. The van der Waals surface area contributed by atoms with Crippen molar-refractivity contribution < 1.29 is 14.6 Å². The zero-order chi connectivity index (χ0) is 24.0. The van der Waals surface area contributed by atoms with Crippen LogP contribution in [0.15, 0.2) is 24.7 Å². The van der Waals surface area contributed by atoms with Gasteiger partial charge in [0.2, 0.25) is 5.91 Å². The third kappa shape index (κ3) is 4.19. The number of nitrogens with zero attached hydrogens (tertiary/aromatic N) is 4. The van der Waals surface area contributed by atoms with Crippen LogP contribution in [0.4, 0.5) is 11.5 Å². The van der Waals surface area contributed by atoms with E-state index in [9.17, 15) is 9.90 Å². The summed E-state index contributed by atoms with van der Waals surface area (Å²) in [7, 11) is 3.40. The van der Waals surface area contributed by atoms with E-state index in [1.807, 2.05) is 12.1 Å². The fourth-order valence-corrected chi connectivity index (χ4v) is 6.02. The minimum atomic E-state index is -0.918. The van der Waals surface area contributed by atoms with Crippen molar-refractivity contribution in [3.8, 4) is 5.75 Å². The summed E-state index contributed by atoms with van der Waals surface area (Å²) in [5.41, 5.74) is 1.99. The first-order valence-electron chi connectivity index (χ1n) is 11.2. The van der Waals surface area contributed by atoms with Crippen LogP contribution in [0, 0.1) is 5.92 Å². The fraction of sp³-hybridized carbons (Fsp3) is 0.417. The first-order chi connectivity index (χ1) is 16.2. The standard InChI is InChI=1S/C24H28N6O3S/c1-24(2,32)11-30(3)23(31)13-5-6-15-19(8-13)34-22-20(15)21(25-12-26-22)28-17-7-14-10-27-29-16(14)9-18(17)33-4/h7,9-10,12-13,32H,5-6,8,11H2,1-4H3,(H,27,29)(H,25,26,28). The van der Waals surface area contributed by atoms with Crippen molar-refractivity contribution in [2.75, 3.05) is 26.0 Å². The first-order valence-corrected chi connectivity index (χ1v) is 12.1. The number of aliphatic hydroxyl groups is 1. The molecule has 4 aromatic rings. The van der Waals surface area contributed by atoms with Crippen molar-refractivity contribution in [2.45, 2.75) is 38.7 Å². The smallest absolute Gasteiger partial charge is 0.225 e. The number of rotatable bonds is 6. The van der Waals surface area contributed by atoms with Gasteiger partial charge in [-0.1, -0.05) is 0 Å². The first kappa shape index (κ1) is 22.5. The Bertz CT molecular complexity index is 1370. The summed E-state index contributed by atoms with van der Waals surface area (Å²) in [6.45, 7) is 3.74. The van der Waals surface area contributed by atoms with E-state index in [0.717, 1.165) is 45.5 Å². The summed E-state index contributed by atoms with van der Waals surface area (Å²) in [5, 5.41) is 22.6. The second-order valence-corrected chi connectivity index (χ2v) is 10.6. The topological polar surface area (TPSA) is 116 Å². The van der Waals surface area contributed by atoms with Gasteiger partial charge in [-0.25, -0.2) is 9.97 Å². The molecule has 1 atom stereocenters. The van der Waals surface area contributed by atoms with E-state index in [0.29, 0.717) is 18.7 Å². The van der Waals surface area contributed by atoms with Crippen LogP contribution >= 0.6 is 11.3 Å². The SMILES string of the molecule is COc1cc2[nH]ncc2cc1Nc1ncnc2sc3c(c12)CCC(C(=O)N(C)CC(C)(C)O)C3. The van der Waals surface area contributed by atoms with E-state index in [4.69, 9.17) is 4.74 Å². The van der Waals surface area contributed by atoms with Gasteiger partial charge in [0.25, 0.3) is 0 Å². The summed E-state index contributed by atoms with van der Waals surface area (Å²) in [6, 6.07) is 3.89. The van der Waals surface area contributed by atoms with Crippen molar-refractivity contribution in [2.24, 2.45) is 5.92 Å². The number of benzene rings is 1. The number of aromatic nitrogens is 4. The minimum absolute atomic E-state index is 0.0767. The van der Waals surface area contributed by atoms with Crippen molar-refractivity contribution in [1.82, 2.24) is 25.1 Å². The molecule has 1 amide bonds. The Morgan fingerprint density at radius 2 is 2.21 bits per heavy atom. The monoisotopic (exact) mass is 480 g/mol. The molecule has 0 bridgehead atoms. The van der Waals surface area contributed by atoms with Gasteiger partial charge in [0.15, 0.2) is 0 Å². The molecule has 10 heteroatoms. The normalized spacial score (nSPS) is 16.0. The molecule has 0 saturated carbocycles. The van der Waals surface area contributed by atoms with Crippen molar-refractivity contribution >= 4 is 49.9 Å². The van der Waals surface area contributed by atoms with Crippen LogP contribution in [-0.4, -0.2) is 62.4 Å². The lowest BCUT2D eigenvalue weighted by Gasteiger charge is -2.30. The van der Waals surface area contributed by atoms with E-state index >= 15 is 0 Å². The highest BCUT2D eigenvalue weighted by Gasteiger charge is 2.32. The van der Waals surface area contributed by atoms with Crippen molar-refractivity contribution in [3.05, 3.63) is 35.1 Å². The molecule has 0 radical (unpaired) electrons. The minimum Gasteiger partial charge on any atom is -0.494 e. The quantitative estimate of drug-likeness (QED) is 0.386. The predicted molar refractivity (Wildman–Crippen MR) is 133 cm³/mol. The van der Waals surface area contributed by atoms with Gasteiger partial charge >= 0.3 is 0 Å². The molecular formula is C24H28N6O3S. The number of nitrogens with one attached hydrogen (secondary N) is 2. The number of H-pyrrole nitrogens is 1. The molecule has 9 nitrogen and oxygen atoms in total. The van der Waals surface area contributed by atoms with Gasteiger partial charge in [-0.15, -0.1) is 11.3 Å². The Balaban J connectivity index is 1.45. The number of hydrogen-bond donors (Lipinski definition) is 3. The van der Waals surface area contributed by atoms with Crippen LogP contribution in [0.25, 0.3) is 21.1 Å². The third-order valence-corrected chi connectivity index (χ3v) is 7.37. The zero-order valence-corrected chi connectivity index (χ0v) is 20.5. The molecule has 1 aromatic carbocycles. The average Bonchev–Trinajstić information content (AvgIpc) is 3.40. The molecule has 34 heavy (non-hydrogen) atoms. The molecular weight excluding hydrogens is 452 g/mol. The summed E-state index contributed by atoms with van der Waals surface area (Å²) in [5.74, 6) is 1.40. The molecule has 1 unspecified atom stereocenters. The third-order valence-electron chi connectivity index (χ3n) is 6.21. The van der Waals surface area contributed by atoms with Gasteiger partial charge in [0.1, 0.15) is 22.7 Å². The van der Waals surface area contributed by atoms with E-state index < -0.39 is 5.60 Å². The van der Waals surface area contributed by atoms with Gasteiger partial charge in [0, 0.05) is 35.8 Å². The largest absolute Gasteiger partial charge is 0.494 e. The number of aryl methyl sites for hydroxylation is 1. The lowest BCUT2D eigenvalue weighted by molar-refractivity contribution is -0.137. The number of aromatic amines is 1. The maximum atomic E-state index is 13.0. The molecule has 0 aliphatic heterocycles. The molecule has 3 aromatic heterocycles. The van der Waals surface area contributed by atoms with E-state index in [1.165, 1.54) is 10.4 Å². The number of likely N-dealkylation sites (N-methyl/N-ethyl adjacent to an activating group) is 1. The number of fused-ring (bicyclic) bond motifs is 4. The van der Waals surface area contributed by atoms with E-state index in [1.54, 1.807) is 56.8 Å². The number of hydrogen-bond acceptors (Lipinski definition) is 8. The number of carbonyl (C=O) groups excluding carboxylic acids is 1. The maximum Gasteiger partial charge on any atom is 0.225 e. The molecule has 0 saturated heterocycles. The highest BCUT2D eigenvalue weighted by Crippen LogP contribution is 2.42. The van der Waals surface area contributed by atoms with Gasteiger partial charge in [0.05, 0.1) is 35.5 Å². The Kier molecular flexibility index (Phi) is 5.65. The molecule has 178 valence electrons. The maximum absolute atomic E-state index is 13.0. The van der Waals surface area contributed by atoms with Gasteiger partial charge in [-0.05, 0) is 44.7 Å². The Hall–Kier alpha value is -3.24. The number of methoxy groups -OCH3 is 1. The predicted octanol–water partition coefficient (Wildman–Crippen LogP) is 3.65. The number of ether oxygens (including phenoxy) is 1. The van der Waals surface area contributed by atoms with Crippen LogP contribution in [0.1, 0.15) is 30.7 Å². The van der Waals surface area contributed by atoms with Crippen LogP contribution < -0.4 is 10.1 Å². The Morgan fingerprint density at radius 1 is 1.38 bits per heavy atom. The van der Waals surface area contributed by atoms with Gasteiger partial charge in [-0.2, -0.15) is 5.10 Å². The average molecular weight is 481 g/mol. The number of thiophene rings is 1. The second kappa shape index (κ2) is 8.52. The number of carbonyl (C=O) groups is 1. The van der Waals surface area contributed by atoms with Crippen molar-refractivity contribution in [1.29, 1.82) is 0 Å². The molecule has 3 heterocycles. The van der Waals surface area contributed by atoms with Crippen LogP contribution in [-0.2, 0) is 17.6 Å². The van der Waals surface area contributed by atoms with Crippen molar-refractivity contribution in [3.63, 3.8) is 0 Å². The molecule has 0 fully saturated rings. The van der Waals surface area contributed by atoms with E-state index in [2.05, 4.69) is 25.5 Å².